The lowest BCUT2D eigenvalue weighted by Gasteiger charge is -2.22. The van der Waals surface area contributed by atoms with Crippen LogP contribution in [0.25, 0.3) is 0 Å². The number of anilines is 3. The summed E-state index contributed by atoms with van der Waals surface area (Å²) in [7, 11) is 3.87. The number of aromatic nitrogens is 2. The predicted octanol–water partition coefficient (Wildman–Crippen LogP) is 0.633. The van der Waals surface area contributed by atoms with Crippen molar-refractivity contribution in [1.29, 1.82) is 0 Å². The standard InChI is InChI=1S/C12H22N6/c1-14-10-9-11(16-12(13)15-10)17(2)7-8-18-5-3-4-6-18/h9H,3-8H2,1-2H3,(H3,13,14,15,16). The Bertz CT molecular complexity index is 388. The molecule has 3 N–H and O–H groups in total. The highest BCUT2D eigenvalue weighted by molar-refractivity contribution is 5.51. The first-order chi connectivity index (χ1) is 8.69. The topological polar surface area (TPSA) is 70.3 Å². The van der Waals surface area contributed by atoms with Crippen LogP contribution in [-0.2, 0) is 0 Å². The Hall–Kier alpha value is -1.56. The van der Waals surface area contributed by atoms with Crippen LogP contribution in [-0.4, -0.2) is 55.1 Å². The van der Waals surface area contributed by atoms with Crippen molar-refractivity contribution < 1.29 is 0 Å². The van der Waals surface area contributed by atoms with Gasteiger partial charge in [-0.2, -0.15) is 9.97 Å². The van der Waals surface area contributed by atoms with Crippen LogP contribution in [0.1, 0.15) is 12.8 Å². The molecule has 6 heteroatoms. The Balaban J connectivity index is 1.94. The molecule has 0 spiro atoms. The van der Waals surface area contributed by atoms with Crippen LogP contribution in [0.3, 0.4) is 0 Å². The molecule has 0 amide bonds. The van der Waals surface area contributed by atoms with Gasteiger partial charge in [-0.3, -0.25) is 0 Å². The van der Waals surface area contributed by atoms with Gasteiger partial charge >= 0.3 is 0 Å². The number of hydrogen-bond acceptors (Lipinski definition) is 6. The van der Waals surface area contributed by atoms with Crippen LogP contribution in [0.4, 0.5) is 17.6 Å². The SMILES string of the molecule is CNc1cc(N(C)CCN2CCCC2)nc(N)n1. The van der Waals surface area contributed by atoms with Gasteiger partial charge in [-0.05, 0) is 25.9 Å². The quantitative estimate of drug-likeness (QED) is 0.799. The van der Waals surface area contributed by atoms with E-state index in [-0.39, 0.29) is 0 Å². The van der Waals surface area contributed by atoms with E-state index in [2.05, 4.69) is 25.1 Å². The van der Waals surface area contributed by atoms with E-state index in [4.69, 9.17) is 5.73 Å². The molecule has 0 bridgehead atoms. The first kappa shape index (κ1) is 12.9. The zero-order chi connectivity index (χ0) is 13.0. The number of nitrogen functional groups attached to an aromatic ring is 1. The summed E-state index contributed by atoms with van der Waals surface area (Å²) in [5.41, 5.74) is 5.69. The minimum absolute atomic E-state index is 0.310. The monoisotopic (exact) mass is 250 g/mol. The van der Waals surface area contributed by atoms with Crippen LogP contribution < -0.4 is 16.0 Å². The summed E-state index contributed by atoms with van der Waals surface area (Å²) in [4.78, 5) is 13.0. The van der Waals surface area contributed by atoms with Crippen molar-refractivity contribution in [3.63, 3.8) is 0 Å². The van der Waals surface area contributed by atoms with Crippen LogP contribution in [0.15, 0.2) is 6.07 Å². The van der Waals surface area contributed by atoms with Crippen molar-refractivity contribution in [2.24, 2.45) is 0 Å². The Morgan fingerprint density at radius 3 is 2.78 bits per heavy atom. The Labute approximate surface area is 108 Å². The molecule has 0 aliphatic carbocycles. The number of hydrogen-bond donors (Lipinski definition) is 2. The van der Waals surface area contributed by atoms with E-state index in [1.54, 1.807) is 0 Å². The average Bonchev–Trinajstić information content (AvgIpc) is 2.88. The molecule has 6 nitrogen and oxygen atoms in total. The number of nitrogens with zero attached hydrogens (tertiary/aromatic N) is 4. The summed E-state index contributed by atoms with van der Waals surface area (Å²) in [6, 6.07) is 1.92. The van der Waals surface area contributed by atoms with Crippen molar-refractivity contribution >= 4 is 17.6 Å². The van der Waals surface area contributed by atoms with E-state index in [0.717, 1.165) is 24.7 Å². The number of likely N-dealkylation sites (N-methyl/N-ethyl adjacent to an activating group) is 1. The number of nitrogens with one attached hydrogen (secondary N) is 1. The third kappa shape index (κ3) is 3.22. The average molecular weight is 250 g/mol. The largest absolute Gasteiger partial charge is 0.373 e. The van der Waals surface area contributed by atoms with Gasteiger partial charge in [-0.1, -0.05) is 0 Å². The maximum Gasteiger partial charge on any atom is 0.223 e. The number of nitrogens with two attached hydrogens (primary N) is 1. The van der Waals surface area contributed by atoms with Crippen LogP contribution in [0.2, 0.25) is 0 Å². The summed E-state index contributed by atoms with van der Waals surface area (Å²) in [6.07, 6.45) is 2.65. The van der Waals surface area contributed by atoms with E-state index in [1.165, 1.54) is 25.9 Å². The molecule has 18 heavy (non-hydrogen) atoms. The molecule has 2 rings (SSSR count). The van der Waals surface area contributed by atoms with Gasteiger partial charge in [0.15, 0.2) is 0 Å². The maximum atomic E-state index is 5.69. The molecule has 1 aromatic heterocycles. The summed E-state index contributed by atoms with van der Waals surface area (Å²) < 4.78 is 0. The molecule has 1 aromatic rings. The van der Waals surface area contributed by atoms with Crippen LogP contribution in [0, 0.1) is 0 Å². The second-order valence-corrected chi connectivity index (χ2v) is 4.69. The Morgan fingerprint density at radius 1 is 1.39 bits per heavy atom. The summed E-state index contributed by atoms with van der Waals surface area (Å²) >= 11 is 0. The molecule has 1 fully saturated rings. The second kappa shape index (κ2) is 5.86. The predicted molar refractivity (Wildman–Crippen MR) is 74.9 cm³/mol. The third-order valence-electron chi connectivity index (χ3n) is 3.33. The highest BCUT2D eigenvalue weighted by Gasteiger charge is 2.13. The lowest BCUT2D eigenvalue weighted by atomic mass is 10.4. The summed E-state index contributed by atoms with van der Waals surface area (Å²) in [5, 5.41) is 2.99. The van der Waals surface area contributed by atoms with E-state index in [1.807, 2.05) is 20.2 Å². The minimum atomic E-state index is 0.310. The van der Waals surface area contributed by atoms with Gasteiger partial charge in [0.2, 0.25) is 5.95 Å². The lowest BCUT2D eigenvalue weighted by molar-refractivity contribution is 0.346. The molecule has 0 saturated carbocycles. The minimum Gasteiger partial charge on any atom is -0.373 e. The normalized spacial score (nSPS) is 15.9. The lowest BCUT2D eigenvalue weighted by Crippen LogP contribution is -2.32. The van der Waals surface area contributed by atoms with Gasteiger partial charge in [0, 0.05) is 33.3 Å². The number of likely N-dealkylation sites (tertiary alicyclic amines) is 1. The fourth-order valence-electron chi connectivity index (χ4n) is 2.19. The molecule has 0 atom stereocenters. The van der Waals surface area contributed by atoms with E-state index in [0.29, 0.717) is 5.95 Å². The fraction of sp³-hybridized carbons (Fsp3) is 0.667. The molecule has 0 radical (unpaired) electrons. The van der Waals surface area contributed by atoms with Crippen molar-refractivity contribution in [1.82, 2.24) is 14.9 Å². The number of rotatable bonds is 5. The van der Waals surface area contributed by atoms with Crippen molar-refractivity contribution in [3.05, 3.63) is 6.07 Å². The summed E-state index contributed by atoms with van der Waals surface area (Å²) in [5.74, 6) is 1.93. The van der Waals surface area contributed by atoms with Gasteiger partial charge in [-0.25, -0.2) is 0 Å². The molecular formula is C12H22N6. The van der Waals surface area contributed by atoms with E-state index < -0.39 is 0 Å². The van der Waals surface area contributed by atoms with Gasteiger partial charge in [0.05, 0.1) is 0 Å². The molecule has 0 aromatic carbocycles. The van der Waals surface area contributed by atoms with Gasteiger partial charge < -0.3 is 20.9 Å². The Kier molecular flexibility index (Phi) is 4.19. The first-order valence-corrected chi connectivity index (χ1v) is 6.45. The van der Waals surface area contributed by atoms with Crippen molar-refractivity contribution in [2.75, 3.05) is 56.2 Å². The van der Waals surface area contributed by atoms with E-state index >= 15 is 0 Å². The smallest absolute Gasteiger partial charge is 0.223 e. The van der Waals surface area contributed by atoms with Crippen molar-refractivity contribution in [2.45, 2.75) is 12.8 Å². The summed E-state index contributed by atoms with van der Waals surface area (Å²) in [6.45, 7) is 4.48. The first-order valence-electron chi connectivity index (χ1n) is 6.45. The molecule has 0 unspecified atom stereocenters. The molecule has 100 valence electrons. The molecule has 2 heterocycles. The fourth-order valence-corrected chi connectivity index (χ4v) is 2.19. The molecule has 1 aliphatic heterocycles. The highest BCUT2D eigenvalue weighted by atomic mass is 15.2. The molecule has 1 aliphatic rings. The molecule has 1 saturated heterocycles. The van der Waals surface area contributed by atoms with Gasteiger partial charge in [0.25, 0.3) is 0 Å². The second-order valence-electron chi connectivity index (χ2n) is 4.69. The van der Waals surface area contributed by atoms with Gasteiger partial charge in [0.1, 0.15) is 11.6 Å². The zero-order valence-corrected chi connectivity index (χ0v) is 11.2. The maximum absolute atomic E-state index is 5.69. The van der Waals surface area contributed by atoms with E-state index in [9.17, 15) is 0 Å². The zero-order valence-electron chi connectivity index (χ0n) is 11.2. The van der Waals surface area contributed by atoms with Crippen molar-refractivity contribution in [3.8, 4) is 0 Å². The van der Waals surface area contributed by atoms with Crippen LogP contribution >= 0.6 is 0 Å². The molecular weight excluding hydrogens is 228 g/mol. The van der Waals surface area contributed by atoms with Gasteiger partial charge in [-0.15, -0.1) is 0 Å². The third-order valence-corrected chi connectivity index (χ3v) is 3.33. The Morgan fingerprint density at radius 2 is 2.11 bits per heavy atom. The highest BCUT2D eigenvalue weighted by Crippen LogP contribution is 2.15. The van der Waals surface area contributed by atoms with Crippen LogP contribution in [0.5, 0.6) is 0 Å².